The van der Waals surface area contributed by atoms with Crippen LogP contribution in [0.5, 0.6) is 5.75 Å². The summed E-state index contributed by atoms with van der Waals surface area (Å²) in [5.74, 6) is 0.481. The molecule has 3 aromatic rings. The van der Waals surface area contributed by atoms with Gasteiger partial charge in [0.25, 0.3) is 10.0 Å². The minimum atomic E-state index is -3.77. The number of anilines is 2. The fourth-order valence-electron chi connectivity index (χ4n) is 4.17. The van der Waals surface area contributed by atoms with Crippen molar-refractivity contribution < 1.29 is 13.2 Å². The van der Waals surface area contributed by atoms with Crippen LogP contribution in [0, 0.1) is 0 Å². The highest BCUT2D eigenvalue weighted by molar-refractivity contribution is 7.92. The van der Waals surface area contributed by atoms with E-state index >= 15 is 0 Å². The molecule has 0 unspecified atom stereocenters. The zero-order chi connectivity index (χ0) is 22.7. The van der Waals surface area contributed by atoms with Gasteiger partial charge < -0.3 is 15.0 Å². The Morgan fingerprint density at radius 3 is 2.16 bits per heavy atom. The van der Waals surface area contributed by atoms with Gasteiger partial charge in [0.2, 0.25) is 0 Å². The molecule has 1 saturated heterocycles. The highest BCUT2D eigenvalue weighted by Gasteiger charge is 2.23. The van der Waals surface area contributed by atoms with Crippen LogP contribution >= 0.6 is 0 Å². The average Bonchev–Trinajstić information content (AvgIpc) is 2.79. The van der Waals surface area contributed by atoms with E-state index in [4.69, 9.17) is 4.74 Å². The zero-order valence-corrected chi connectivity index (χ0v) is 19.4. The normalized spacial score (nSPS) is 18.9. The molecule has 7 heteroatoms. The maximum atomic E-state index is 13.1. The van der Waals surface area contributed by atoms with Gasteiger partial charge in [0.1, 0.15) is 5.75 Å². The number of sulfonamides is 1. The second-order valence-corrected chi connectivity index (χ2v) is 9.94. The fraction of sp³-hybridized carbons (Fsp3) is 0.280. The smallest absolute Gasteiger partial charge is 0.262 e. The van der Waals surface area contributed by atoms with Gasteiger partial charge in [-0.2, -0.15) is 0 Å². The van der Waals surface area contributed by atoms with Crippen LogP contribution in [0.4, 0.5) is 11.4 Å². The Morgan fingerprint density at radius 2 is 1.53 bits per heavy atom. The van der Waals surface area contributed by atoms with Gasteiger partial charge in [0, 0.05) is 30.9 Å². The summed E-state index contributed by atoms with van der Waals surface area (Å²) in [6, 6.07) is 23.1. The Hall–Kier alpha value is -3.03. The van der Waals surface area contributed by atoms with Gasteiger partial charge in [-0.15, -0.1) is 0 Å². The van der Waals surface area contributed by atoms with E-state index in [-0.39, 0.29) is 4.90 Å². The molecule has 2 N–H and O–H groups in total. The van der Waals surface area contributed by atoms with Gasteiger partial charge in [-0.1, -0.05) is 42.5 Å². The first-order valence-electron chi connectivity index (χ1n) is 10.7. The van der Waals surface area contributed by atoms with Crippen LogP contribution in [-0.4, -0.2) is 40.7 Å². The molecular weight excluding hydrogens is 422 g/mol. The SMILES string of the molecule is COc1ccc(N2C[C@@H](C)N[C@@H](C)C2)cc1NS(=O)(=O)c1ccc(-c2ccccc2)cc1. The van der Waals surface area contributed by atoms with E-state index in [0.717, 1.165) is 29.9 Å². The number of methoxy groups -OCH3 is 1. The van der Waals surface area contributed by atoms with E-state index in [1.807, 2.05) is 60.7 Å². The molecule has 0 bridgehead atoms. The monoisotopic (exact) mass is 451 g/mol. The molecule has 32 heavy (non-hydrogen) atoms. The minimum Gasteiger partial charge on any atom is -0.495 e. The van der Waals surface area contributed by atoms with Crippen molar-refractivity contribution in [2.75, 3.05) is 29.8 Å². The Bertz CT molecular complexity index is 1150. The first-order valence-corrected chi connectivity index (χ1v) is 12.2. The number of piperazine rings is 1. The largest absolute Gasteiger partial charge is 0.495 e. The van der Waals surface area contributed by atoms with Crippen molar-refractivity contribution >= 4 is 21.4 Å². The number of rotatable bonds is 6. The Balaban J connectivity index is 1.59. The van der Waals surface area contributed by atoms with E-state index < -0.39 is 10.0 Å². The second kappa shape index (κ2) is 9.22. The van der Waals surface area contributed by atoms with E-state index in [1.165, 1.54) is 7.11 Å². The zero-order valence-electron chi connectivity index (χ0n) is 18.6. The van der Waals surface area contributed by atoms with Crippen molar-refractivity contribution in [2.24, 2.45) is 0 Å². The lowest BCUT2D eigenvalue weighted by atomic mass is 10.1. The van der Waals surface area contributed by atoms with Crippen LogP contribution in [0.3, 0.4) is 0 Å². The van der Waals surface area contributed by atoms with Crippen molar-refractivity contribution in [2.45, 2.75) is 30.8 Å². The van der Waals surface area contributed by atoms with E-state index in [0.29, 0.717) is 23.5 Å². The topological polar surface area (TPSA) is 70.7 Å². The van der Waals surface area contributed by atoms with Crippen LogP contribution in [0.1, 0.15) is 13.8 Å². The lowest BCUT2D eigenvalue weighted by Crippen LogP contribution is -2.54. The molecule has 2 atom stereocenters. The number of ether oxygens (including phenoxy) is 1. The van der Waals surface area contributed by atoms with Gasteiger partial charge in [0.05, 0.1) is 17.7 Å². The molecule has 0 saturated carbocycles. The van der Waals surface area contributed by atoms with Gasteiger partial charge >= 0.3 is 0 Å². The summed E-state index contributed by atoms with van der Waals surface area (Å²) in [6.45, 7) is 6.00. The van der Waals surface area contributed by atoms with Crippen molar-refractivity contribution in [1.29, 1.82) is 0 Å². The summed E-state index contributed by atoms with van der Waals surface area (Å²) in [7, 11) is -2.24. The molecule has 1 aliphatic heterocycles. The molecular formula is C25H29N3O3S. The number of nitrogens with one attached hydrogen (secondary N) is 2. The highest BCUT2D eigenvalue weighted by Crippen LogP contribution is 2.32. The number of hydrogen-bond acceptors (Lipinski definition) is 5. The second-order valence-electron chi connectivity index (χ2n) is 8.25. The highest BCUT2D eigenvalue weighted by atomic mass is 32.2. The average molecular weight is 452 g/mol. The molecule has 0 aromatic heterocycles. The third kappa shape index (κ3) is 4.89. The Kier molecular flexibility index (Phi) is 6.39. The summed E-state index contributed by atoms with van der Waals surface area (Å²) in [4.78, 5) is 2.46. The van der Waals surface area contributed by atoms with Gasteiger partial charge in [-0.05, 0) is 55.3 Å². The molecule has 1 aliphatic rings. The molecule has 0 aliphatic carbocycles. The maximum absolute atomic E-state index is 13.1. The summed E-state index contributed by atoms with van der Waals surface area (Å²) < 4.78 is 34.4. The Morgan fingerprint density at radius 1 is 0.906 bits per heavy atom. The first kappa shape index (κ1) is 22.2. The van der Waals surface area contributed by atoms with E-state index in [2.05, 4.69) is 28.8 Å². The maximum Gasteiger partial charge on any atom is 0.262 e. The molecule has 6 nitrogen and oxygen atoms in total. The van der Waals surface area contributed by atoms with E-state index in [9.17, 15) is 8.42 Å². The van der Waals surface area contributed by atoms with E-state index in [1.54, 1.807) is 12.1 Å². The van der Waals surface area contributed by atoms with Crippen molar-refractivity contribution in [1.82, 2.24) is 5.32 Å². The molecule has 1 fully saturated rings. The van der Waals surface area contributed by atoms with Crippen molar-refractivity contribution in [3.63, 3.8) is 0 Å². The summed E-state index contributed by atoms with van der Waals surface area (Å²) >= 11 is 0. The van der Waals surface area contributed by atoms with Crippen molar-refractivity contribution in [3.8, 4) is 16.9 Å². The molecule has 3 aromatic carbocycles. The van der Waals surface area contributed by atoms with Crippen LogP contribution < -0.4 is 19.7 Å². The van der Waals surface area contributed by atoms with Gasteiger partial charge in [-0.3, -0.25) is 4.72 Å². The van der Waals surface area contributed by atoms with Crippen LogP contribution in [0.2, 0.25) is 0 Å². The lowest BCUT2D eigenvalue weighted by molar-refractivity contribution is 0.406. The summed E-state index contributed by atoms with van der Waals surface area (Å²) in [6.07, 6.45) is 0. The van der Waals surface area contributed by atoms with Crippen LogP contribution in [-0.2, 0) is 10.0 Å². The summed E-state index contributed by atoms with van der Waals surface area (Å²) in [5.41, 5.74) is 3.39. The minimum absolute atomic E-state index is 0.203. The standard InChI is InChI=1S/C25H29N3O3S/c1-18-16-28(17-19(2)26-18)22-11-14-25(31-3)24(15-22)27-32(29,30)23-12-9-21(10-13-23)20-7-5-4-6-8-20/h4-15,18-19,26-27H,16-17H2,1-3H3/t18-,19+. The predicted octanol–water partition coefficient (Wildman–Crippen LogP) is 4.35. The molecule has 168 valence electrons. The number of benzene rings is 3. The predicted molar refractivity (Wildman–Crippen MR) is 130 cm³/mol. The molecule has 0 spiro atoms. The van der Waals surface area contributed by atoms with Crippen molar-refractivity contribution in [3.05, 3.63) is 72.8 Å². The summed E-state index contributed by atoms with van der Waals surface area (Å²) in [5, 5.41) is 3.51. The lowest BCUT2D eigenvalue weighted by Gasteiger charge is -2.38. The van der Waals surface area contributed by atoms with Gasteiger partial charge in [0.15, 0.2) is 0 Å². The molecule has 0 amide bonds. The van der Waals surface area contributed by atoms with Gasteiger partial charge in [-0.25, -0.2) is 8.42 Å². The third-order valence-corrected chi connectivity index (χ3v) is 7.00. The Labute approximate surface area is 190 Å². The molecule has 1 heterocycles. The first-order chi connectivity index (χ1) is 15.4. The molecule has 0 radical (unpaired) electrons. The third-order valence-electron chi connectivity index (χ3n) is 5.62. The quantitative estimate of drug-likeness (QED) is 0.583. The van der Waals surface area contributed by atoms with Crippen LogP contribution in [0.25, 0.3) is 11.1 Å². The number of nitrogens with zero attached hydrogens (tertiary/aromatic N) is 1. The fourth-order valence-corrected chi connectivity index (χ4v) is 5.23. The number of hydrogen-bond donors (Lipinski definition) is 2. The van der Waals surface area contributed by atoms with Crippen LogP contribution in [0.15, 0.2) is 77.7 Å². The molecule has 4 rings (SSSR count).